The summed E-state index contributed by atoms with van der Waals surface area (Å²) in [6, 6.07) is 0. The highest BCUT2D eigenvalue weighted by atomic mass is 16.5. The van der Waals surface area contributed by atoms with Gasteiger partial charge in [-0.2, -0.15) is 0 Å². The molecule has 0 bridgehead atoms. The van der Waals surface area contributed by atoms with Crippen LogP contribution in [0.15, 0.2) is 17.8 Å². The number of hydrogen-bond donors (Lipinski definition) is 1. The molecule has 0 saturated heterocycles. The molecular weight excluding hydrogens is 264 g/mol. The molecule has 2 rings (SSSR count). The number of hydrogen-bond acceptors (Lipinski definition) is 5. The van der Waals surface area contributed by atoms with E-state index in [1.165, 1.54) is 16.5 Å². The summed E-state index contributed by atoms with van der Waals surface area (Å²) in [5.74, 6) is -1.27. The van der Waals surface area contributed by atoms with Crippen molar-refractivity contribution in [3.05, 3.63) is 23.5 Å². The number of carboxylic acids is 1. The summed E-state index contributed by atoms with van der Waals surface area (Å²) >= 11 is 0. The monoisotopic (exact) mass is 280 g/mol. The molecule has 0 aromatic carbocycles. The third-order valence-electron chi connectivity index (χ3n) is 3.04. The lowest BCUT2D eigenvalue weighted by molar-refractivity contribution is -0.131. The van der Waals surface area contributed by atoms with Crippen molar-refractivity contribution in [2.24, 2.45) is 0 Å². The van der Waals surface area contributed by atoms with Crippen molar-refractivity contribution in [1.82, 2.24) is 19.9 Å². The molecular formula is C12H16N4O4. The van der Waals surface area contributed by atoms with Crippen LogP contribution < -0.4 is 0 Å². The second-order valence-corrected chi connectivity index (χ2v) is 4.49. The molecule has 0 aliphatic carbocycles. The van der Waals surface area contributed by atoms with Crippen LogP contribution in [0.3, 0.4) is 0 Å². The normalized spacial score (nSPS) is 15.1. The first kappa shape index (κ1) is 14.2. The molecule has 20 heavy (non-hydrogen) atoms. The van der Waals surface area contributed by atoms with Crippen LogP contribution in [0, 0.1) is 0 Å². The zero-order valence-electron chi connectivity index (χ0n) is 11.2. The molecule has 0 atom stereocenters. The lowest BCUT2D eigenvalue weighted by Crippen LogP contribution is -2.37. The maximum Gasteiger partial charge on any atom is 0.358 e. The Morgan fingerprint density at radius 3 is 2.85 bits per heavy atom. The van der Waals surface area contributed by atoms with E-state index >= 15 is 0 Å². The molecule has 2 heterocycles. The zero-order chi connectivity index (χ0) is 14.5. The number of nitrogens with zero attached hydrogens (tertiary/aromatic N) is 4. The van der Waals surface area contributed by atoms with Crippen LogP contribution in [0.5, 0.6) is 0 Å². The van der Waals surface area contributed by atoms with Crippen molar-refractivity contribution in [2.75, 3.05) is 26.8 Å². The molecule has 1 aromatic rings. The minimum Gasteiger partial charge on any atom is -0.476 e. The van der Waals surface area contributed by atoms with Gasteiger partial charge in [0.15, 0.2) is 5.69 Å². The summed E-state index contributed by atoms with van der Waals surface area (Å²) in [4.78, 5) is 24.4. The Morgan fingerprint density at radius 2 is 2.30 bits per heavy atom. The first-order chi connectivity index (χ1) is 9.60. The van der Waals surface area contributed by atoms with Gasteiger partial charge < -0.3 is 14.7 Å². The number of carboxylic acid groups (broad SMARTS) is 1. The first-order valence-electron chi connectivity index (χ1n) is 6.18. The van der Waals surface area contributed by atoms with Crippen LogP contribution >= 0.6 is 0 Å². The van der Waals surface area contributed by atoms with Gasteiger partial charge >= 0.3 is 5.97 Å². The maximum atomic E-state index is 12.0. The van der Waals surface area contributed by atoms with Crippen LogP contribution in [-0.2, 0) is 16.1 Å². The summed E-state index contributed by atoms with van der Waals surface area (Å²) < 4.78 is 6.28. The molecule has 0 fully saturated rings. The Morgan fingerprint density at radius 1 is 1.50 bits per heavy atom. The highest BCUT2D eigenvalue weighted by Gasteiger charge is 2.18. The number of ether oxygens (including phenoxy) is 1. The second-order valence-electron chi connectivity index (χ2n) is 4.49. The summed E-state index contributed by atoms with van der Waals surface area (Å²) in [7, 11) is 1.64. The van der Waals surface area contributed by atoms with E-state index in [1.54, 1.807) is 12.0 Å². The van der Waals surface area contributed by atoms with Gasteiger partial charge in [0.2, 0.25) is 5.91 Å². The second kappa shape index (κ2) is 6.29. The number of carbonyl (C=O) groups excluding carboxylic acids is 1. The van der Waals surface area contributed by atoms with Gasteiger partial charge in [-0.25, -0.2) is 9.48 Å². The maximum absolute atomic E-state index is 12.0. The van der Waals surface area contributed by atoms with Gasteiger partial charge in [0, 0.05) is 20.2 Å². The number of aromatic nitrogens is 3. The van der Waals surface area contributed by atoms with E-state index in [4.69, 9.17) is 9.84 Å². The summed E-state index contributed by atoms with van der Waals surface area (Å²) in [5.41, 5.74) is 1.02. The van der Waals surface area contributed by atoms with Crippen molar-refractivity contribution < 1.29 is 19.4 Å². The van der Waals surface area contributed by atoms with Crippen LogP contribution in [-0.4, -0.2) is 63.7 Å². The van der Waals surface area contributed by atoms with Crippen LogP contribution in [0.25, 0.3) is 0 Å². The van der Waals surface area contributed by atoms with Gasteiger partial charge in [-0.1, -0.05) is 11.3 Å². The Kier molecular flexibility index (Phi) is 4.46. The lowest BCUT2D eigenvalue weighted by Gasteiger charge is -2.26. The Balaban J connectivity index is 1.90. The number of methoxy groups -OCH3 is 1. The van der Waals surface area contributed by atoms with Crippen molar-refractivity contribution >= 4 is 11.9 Å². The molecule has 0 spiro atoms. The predicted octanol–water partition coefficient (Wildman–Crippen LogP) is -0.219. The highest BCUT2D eigenvalue weighted by Crippen LogP contribution is 2.11. The molecule has 8 heteroatoms. The van der Waals surface area contributed by atoms with Crippen LogP contribution in [0.4, 0.5) is 0 Å². The fourth-order valence-electron chi connectivity index (χ4n) is 1.97. The molecule has 0 saturated carbocycles. The summed E-state index contributed by atoms with van der Waals surface area (Å²) in [6.07, 6.45) is 4.02. The van der Waals surface area contributed by atoms with E-state index in [2.05, 4.69) is 10.3 Å². The predicted molar refractivity (Wildman–Crippen MR) is 68.1 cm³/mol. The third kappa shape index (κ3) is 3.41. The number of amides is 1. The molecule has 1 amide bonds. The Hall–Kier alpha value is -2.22. The lowest BCUT2D eigenvalue weighted by atomic mass is 10.1. The molecule has 0 unspecified atom stereocenters. The Bertz CT molecular complexity index is 537. The SMILES string of the molecule is COCC1=CCN(C(=O)Cn2cc(C(=O)O)nn2)CC1. The minimum absolute atomic E-state index is 0.00622. The average Bonchev–Trinajstić information content (AvgIpc) is 2.88. The van der Waals surface area contributed by atoms with E-state index in [9.17, 15) is 9.59 Å². The van der Waals surface area contributed by atoms with Crippen molar-refractivity contribution in [3.63, 3.8) is 0 Å². The quantitative estimate of drug-likeness (QED) is 0.749. The highest BCUT2D eigenvalue weighted by molar-refractivity contribution is 5.84. The molecule has 8 nitrogen and oxygen atoms in total. The van der Waals surface area contributed by atoms with E-state index < -0.39 is 5.97 Å². The number of rotatable bonds is 5. The molecule has 1 N–H and O–H groups in total. The van der Waals surface area contributed by atoms with E-state index in [1.807, 2.05) is 6.08 Å². The van der Waals surface area contributed by atoms with Gasteiger partial charge in [0.05, 0.1) is 12.8 Å². The fourth-order valence-corrected chi connectivity index (χ4v) is 1.97. The topological polar surface area (TPSA) is 97.5 Å². The van der Waals surface area contributed by atoms with Crippen molar-refractivity contribution in [1.29, 1.82) is 0 Å². The van der Waals surface area contributed by atoms with Gasteiger partial charge in [0.1, 0.15) is 6.54 Å². The zero-order valence-corrected chi connectivity index (χ0v) is 11.2. The van der Waals surface area contributed by atoms with E-state index in [0.717, 1.165) is 6.42 Å². The fraction of sp³-hybridized carbons (Fsp3) is 0.500. The van der Waals surface area contributed by atoms with Gasteiger partial charge in [-0.3, -0.25) is 4.79 Å². The molecule has 1 aromatic heterocycles. The summed E-state index contributed by atoms with van der Waals surface area (Å²) in [5, 5.41) is 15.8. The smallest absolute Gasteiger partial charge is 0.358 e. The van der Waals surface area contributed by atoms with E-state index in [0.29, 0.717) is 19.7 Å². The van der Waals surface area contributed by atoms with Crippen molar-refractivity contribution in [3.8, 4) is 0 Å². The van der Waals surface area contributed by atoms with Crippen LogP contribution in [0.1, 0.15) is 16.9 Å². The first-order valence-corrected chi connectivity index (χ1v) is 6.18. The van der Waals surface area contributed by atoms with Crippen molar-refractivity contribution in [2.45, 2.75) is 13.0 Å². The van der Waals surface area contributed by atoms with Crippen LogP contribution in [0.2, 0.25) is 0 Å². The average molecular weight is 280 g/mol. The largest absolute Gasteiger partial charge is 0.476 e. The van der Waals surface area contributed by atoms with Gasteiger partial charge in [-0.05, 0) is 12.0 Å². The molecule has 1 aliphatic rings. The summed E-state index contributed by atoms with van der Waals surface area (Å²) in [6.45, 7) is 1.76. The number of carbonyl (C=O) groups is 2. The standard InChI is InChI=1S/C12H16N4O4/c1-20-8-9-2-4-15(5-3-9)11(17)7-16-6-10(12(18)19)13-14-16/h2,6H,3-5,7-8H2,1H3,(H,18,19). The molecule has 108 valence electrons. The Labute approximate surface area is 115 Å². The minimum atomic E-state index is -1.16. The molecule has 1 aliphatic heterocycles. The molecule has 0 radical (unpaired) electrons. The van der Waals surface area contributed by atoms with Gasteiger partial charge in [-0.15, -0.1) is 5.10 Å². The number of aromatic carboxylic acids is 1. The third-order valence-corrected chi connectivity index (χ3v) is 3.04. The van der Waals surface area contributed by atoms with Gasteiger partial charge in [0.25, 0.3) is 0 Å². The van der Waals surface area contributed by atoms with E-state index in [-0.39, 0.29) is 18.1 Å².